The van der Waals surface area contributed by atoms with Crippen LogP contribution in [0.4, 0.5) is 11.5 Å². The molecule has 0 spiro atoms. The number of rotatable bonds is 3. The summed E-state index contributed by atoms with van der Waals surface area (Å²) in [5.74, 6) is 1.11. The van der Waals surface area contributed by atoms with E-state index in [1.807, 2.05) is 12.1 Å². The first-order chi connectivity index (χ1) is 13.1. The van der Waals surface area contributed by atoms with Gasteiger partial charge in [-0.25, -0.2) is 0 Å². The number of nitrogen functional groups attached to an aromatic ring is 1. The number of amides is 1. The van der Waals surface area contributed by atoms with Gasteiger partial charge in [-0.1, -0.05) is 11.6 Å². The predicted molar refractivity (Wildman–Crippen MR) is 101 cm³/mol. The van der Waals surface area contributed by atoms with Crippen molar-refractivity contribution in [2.24, 2.45) is 0 Å². The highest BCUT2D eigenvalue weighted by atomic mass is 35.5. The number of ether oxygens (including phenoxy) is 1. The van der Waals surface area contributed by atoms with Gasteiger partial charge in [0.05, 0.1) is 23.4 Å². The van der Waals surface area contributed by atoms with Crippen molar-refractivity contribution < 1.29 is 9.53 Å². The molecule has 2 aromatic heterocycles. The molecule has 0 bridgehead atoms. The number of carbonyl (C=O) groups is 1. The standard InChI is InChI=1S/C17H18ClN7O2/c1-27-14-9-13(19)12(18)8-11(14)17(26)24-6-4-23(5-7-24)16-3-2-15-21-20-10-25(15)22-16/h2-3,8-10H,4-7,19H2,1H3. The Kier molecular flexibility index (Phi) is 4.44. The minimum absolute atomic E-state index is 0.129. The van der Waals surface area contributed by atoms with Crippen molar-refractivity contribution in [2.45, 2.75) is 0 Å². The number of anilines is 2. The van der Waals surface area contributed by atoms with Crippen molar-refractivity contribution in [2.75, 3.05) is 43.9 Å². The minimum Gasteiger partial charge on any atom is -0.496 e. The third kappa shape index (κ3) is 3.21. The molecule has 140 valence electrons. The Labute approximate surface area is 160 Å². The molecule has 10 heteroatoms. The van der Waals surface area contributed by atoms with Gasteiger partial charge in [0.1, 0.15) is 17.9 Å². The zero-order valence-corrected chi connectivity index (χ0v) is 15.4. The number of halogens is 1. The fourth-order valence-electron chi connectivity index (χ4n) is 3.10. The second-order valence-corrected chi connectivity index (χ2v) is 6.59. The lowest BCUT2D eigenvalue weighted by Crippen LogP contribution is -2.49. The number of fused-ring (bicyclic) bond motifs is 1. The second kappa shape index (κ2) is 6.92. The van der Waals surface area contributed by atoms with E-state index in [1.54, 1.807) is 27.9 Å². The van der Waals surface area contributed by atoms with E-state index < -0.39 is 0 Å². The van der Waals surface area contributed by atoms with E-state index in [0.29, 0.717) is 53.8 Å². The lowest BCUT2D eigenvalue weighted by molar-refractivity contribution is 0.0743. The Morgan fingerprint density at radius 1 is 1.22 bits per heavy atom. The molecule has 1 fully saturated rings. The topological polar surface area (TPSA) is 102 Å². The minimum atomic E-state index is -0.129. The largest absolute Gasteiger partial charge is 0.496 e. The fraction of sp³-hybridized carbons (Fsp3) is 0.294. The summed E-state index contributed by atoms with van der Waals surface area (Å²) in [5, 5.41) is 12.6. The lowest BCUT2D eigenvalue weighted by atomic mass is 10.1. The molecule has 3 aromatic rings. The van der Waals surface area contributed by atoms with Crippen LogP contribution in [0.3, 0.4) is 0 Å². The Balaban J connectivity index is 1.49. The summed E-state index contributed by atoms with van der Waals surface area (Å²) in [6.07, 6.45) is 1.57. The van der Waals surface area contributed by atoms with Gasteiger partial charge in [-0.2, -0.15) is 4.52 Å². The Morgan fingerprint density at radius 3 is 2.74 bits per heavy atom. The summed E-state index contributed by atoms with van der Waals surface area (Å²) in [5.41, 5.74) is 7.28. The molecule has 1 aliphatic heterocycles. The second-order valence-electron chi connectivity index (χ2n) is 6.18. The molecule has 3 heterocycles. The van der Waals surface area contributed by atoms with Crippen molar-refractivity contribution in [1.29, 1.82) is 0 Å². The molecule has 0 saturated carbocycles. The molecule has 0 atom stereocenters. The van der Waals surface area contributed by atoms with Gasteiger partial charge >= 0.3 is 0 Å². The first-order valence-electron chi connectivity index (χ1n) is 8.41. The molecule has 0 unspecified atom stereocenters. The van der Waals surface area contributed by atoms with Crippen molar-refractivity contribution >= 4 is 34.7 Å². The number of piperazine rings is 1. The van der Waals surface area contributed by atoms with E-state index in [2.05, 4.69) is 20.2 Å². The van der Waals surface area contributed by atoms with Gasteiger partial charge in [0, 0.05) is 32.2 Å². The van der Waals surface area contributed by atoms with Gasteiger partial charge in [-0.05, 0) is 18.2 Å². The molecule has 1 aliphatic rings. The van der Waals surface area contributed by atoms with Crippen LogP contribution in [-0.2, 0) is 0 Å². The summed E-state index contributed by atoms with van der Waals surface area (Å²) < 4.78 is 6.93. The van der Waals surface area contributed by atoms with E-state index in [0.717, 1.165) is 5.82 Å². The first-order valence-corrected chi connectivity index (χ1v) is 8.79. The van der Waals surface area contributed by atoms with Gasteiger partial charge < -0.3 is 20.3 Å². The monoisotopic (exact) mass is 387 g/mol. The number of nitrogens with two attached hydrogens (primary N) is 1. The van der Waals surface area contributed by atoms with Crippen molar-refractivity contribution in [3.63, 3.8) is 0 Å². The zero-order valence-electron chi connectivity index (χ0n) is 14.7. The average Bonchev–Trinajstić information content (AvgIpc) is 3.17. The molecule has 9 nitrogen and oxygen atoms in total. The molecule has 2 N–H and O–H groups in total. The van der Waals surface area contributed by atoms with Gasteiger partial charge in [0.15, 0.2) is 5.65 Å². The number of benzene rings is 1. The van der Waals surface area contributed by atoms with Crippen molar-refractivity contribution in [3.05, 3.63) is 41.2 Å². The van der Waals surface area contributed by atoms with E-state index in [9.17, 15) is 4.79 Å². The smallest absolute Gasteiger partial charge is 0.257 e. The van der Waals surface area contributed by atoms with Crippen LogP contribution in [-0.4, -0.2) is 63.9 Å². The quantitative estimate of drug-likeness (QED) is 0.676. The number of methoxy groups -OCH3 is 1. The molecule has 0 aliphatic carbocycles. The molecule has 1 saturated heterocycles. The number of nitrogens with zero attached hydrogens (tertiary/aromatic N) is 6. The van der Waals surface area contributed by atoms with Gasteiger partial charge in [0.2, 0.25) is 0 Å². The molecule has 1 amide bonds. The molecule has 0 radical (unpaired) electrons. The van der Waals surface area contributed by atoms with Gasteiger partial charge in [0.25, 0.3) is 5.91 Å². The summed E-state index contributed by atoms with van der Waals surface area (Å²) in [7, 11) is 1.50. The normalized spacial score (nSPS) is 14.6. The predicted octanol–water partition coefficient (Wildman–Crippen LogP) is 1.33. The van der Waals surface area contributed by atoms with Crippen LogP contribution in [0.2, 0.25) is 5.02 Å². The maximum atomic E-state index is 12.9. The third-order valence-electron chi connectivity index (χ3n) is 4.59. The number of hydrogen-bond donors (Lipinski definition) is 1. The molecule has 4 rings (SSSR count). The first kappa shape index (κ1) is 17.3. The highest BCUT2D eigenvalue weighted by Gasteiger charge is 2.26. The van der Waals surface area contributed by atoms with Crippen LogP contribution in [0.1, 0.15) is 10.4 Å². The molecule has 27 heavy (non-hydrogen) atoms. The number of aromatic nitrogens is 4. The van der Waals surface area contributed by atoms with Crippen LogP contribution in [0.25, 0.3) is 5.65 Å². The summed E-state index contributed by atoms with van der Waals surface area (Å²) in [6.45, 7) is 2.45. The summed E-state index contributed by atoms with van der Waals surface area (Å²) >= 11 is 6.09. The maximum absolute atomic E-state index is 12.9. The van der Waals surface area contributed by atoms with Gasteiger partial charge in [-0.15, -0.1) is 15.3 Å². The average molecular weight is 388 g/mol. The van der Waals surface area contributed by atoms with E-state index in [4.69, 9.17) is 22.1 Å². The number of carbonyl (C=O) groups excluding carboxylic acids is 1. The Morgan fingerprint density at radius 2 is 2.00 bits per heavy atom. The Bertz CT molecular complexity index is 998. The van der Waals surface area contributed by atoms with Crippen LogP contribution in [0, 0.1) is 0 Å². The molecule has 1 aromatic carbocycles. The van der Waals surface area contributed by atoms with Gasteiger partial charge in [-0.3, -0.25) is 4.79 Å². The molecular weight excluding hydrogens is 370 g/mol. The fourth-order valence-corrected chi connectivity index (χ4v) is 3.26. The summed E-state index contributed by atoms with van der Waals surface area (Å²) in [6, 6.07) is 6.91. The lowest BCUT2D eigenvalue weighted by Gasteiger charge is -2.35. The van der Waals surface area contributed by atoms with Crippen molar-refractivity contribution in [3.8, 4) is 5.75 Å². The molecular formula is C17H18ClN7O2. The maximum Gasteiger partial charge on any atom is 0.257 e. The number of hydrogen-bond acceptors (Lipinski definition) is 7. The third-order valence-corrected chi connectivity index (χ3v) is 4.92. The van der Waals surface area contributed by atoms with E-state index >= 15 is 0 Å². The van der Waals surface area contributed by atoms with E-state index in [1.165, 1.54) is 7.11 Å². The van der Waals surface area contributed by atoms with Crippen molar-refractivity contribution in [1.82, 2.24) is 24.7 Å². The Hall–Kier alpha value is -3.07. The van der Waals surface area contributed by atoms with Crippen LogP contribution < -0.4 is 15.4 Å². The van der Waals surface area contributed by atoms with E-state index in [-0.39, 0.29) is 5.91 Å². The van der Waals surface area contributed by atoms with Crippen LogP contribution in [0.15, 0.2) is 30.6 Å². The summed E-state index contributed by atoms with van der Waals surface area (Å²) in [4.78, 5) is 16.8. The SMILES string of the molecule is COc1cc(N)c(Cl)cc1C(=O)N1CCN(c2ccc3nncn3n2)CC1. The zero-order chi connectivity index (χ0) is 19.0. The van der Waals surface area contributed by atoms with Crippen LogP contribution in [0.5, 0.6) is 5.75 Å². The highest BCUT2D eigenvalue weighted by molar-refractivity contribution is 6.33. The van der Waals surface area contributed by atoms with Crippen LogP contribution >= 0.6 is 11.6 Å². The highest BCUT2D eigenvalue weighted by Crippen LogP contribution is 2.30.